The van der Waals surface area contributed by atoms with E-state index in [0.717, 1.165) is 11.3 Å². The van der Waals surface area contributed by atoms with Crippen molar-refractivity contribution in [2.45, 2.75) is 39.7 Å². The van der Waals surface area contributed by atoms with Crippen molar-refractivity contribution in [3.63, 3.8) is 0 Å². The maximum Gasteiger partial charge on any atom is 0.267 e. The number of benzene rings is 1. The number of aryl methyl sites for hydroxylation is 1. The van der Waals surface area contributed by atoms with E-state index in [-0.39, 0.29) is 17.9 Å². The summed E-state index contributed by atoms with van der Waals surface area (Å²) in [5.41, 5.74) is 3.13. The third-order valence-corrected chi connectivity index (χ3v) is 5.56. The van der Waals surface area contributed by atoms with Crippen LogP contribution in [0.2, 0.25) is 0 Å². The molecule has 1 atom stereocenters. The number of carbonyl (C=O) groups is 2. The molecule has 6 heteroatoms. The summed E-state index contributed by atoms with van der Waals surface area (Å²) in [5, 5.41) is 2.98. The standard InChI is InChI=1S/C28H36N4O2/c1-6-7-9-13-23(3)30-21-22(2)28(34)32(5)25(20-24-14-10-8-11-15-24)17-18-29-27(33)26-16-12-19-31(26)4/h6-16,19,21,25H,17-18,20H2,1-5H3,(H,29,33)/b7-6-,13-9-,22-21+,30-23+/t25-/m1/s1. The van der Waals surface area contributed by atoms with Gasteiger partial charge in [0.1, 0.15) is 5.69 Å². The van der Waals surface area contributed by atoms with Crippen molar-refractivity contribution in [2.75, 3.05) is 13.6 Å². The molecule has 1 N–H and O–H groups in total. The first-order valence-electron chi connectivity index (χ1n) is 11.5. The van der Waals surface area contributed by atoms with Crippen LogP contribution in [0, 0.1) is 0 Å². The zero-order chi connectivity index (χ0) is 24.9. The fourth-order valence-electron chi connectivity index (χ4n) is 3.51. The Morgan fingerprint density at radius 3 is 2.50 bits per heavy atom. The van der Waals surface area contributed by atoms with E-state index in [4.69, 9.17) is 0 Å². The van der Waals surface area contributed by atoms with Gasteiger partial charge in [0.15, 0.2) is 0 Å². The summed E-state index contributed by atoms with van der Waals surface area (Å²) in [4.78, 5) is 31.8. The molecule has 0 radical (unpaired) electrons. The first kappa shape index (κ1) is 26.6. The second-order valence-electron chi connectivity index (χ2n) is 8.28. The van der Waals surface area contributed by atoms with Crippen molar-refractivity contribution in [3.8, 4) is 0 Å². The predicted molar refractivity (Wildman–Crippen MR) is 140 cm³/mol. The molecule has 0 saturated heterocycles. The van der Waals surface area contributed by atoms with E-state index >= 15 is 0 Å². The lowest BCUT2D eigenvalue weighted by molar-refractivity contribution is -0.127. The molecule has 0 aliphatic carbocycles. The van der Waals surface area contributed by atoms with Gasteiger partial charge >= 0.3 is 0 Å². The Morgan fingerprint density at radius 2 is 1.85 bits per heavy atom. The number of carbonyl (C=O) groups excluding carboxylic acids is 2. The molecule has 0 aliphatic heterocycles. The van der Waals surface area contributed by atoms with Crippen LogP contribution in [-0.4, -0.2) is 46.6 Å². The first-order valence-corrected chi connectivity index (χ1v) is 11.5. The quantitative estimate of drug-likeness (QED) is 0.300. The van der Waals surface area contributed by atoms with Crippen molar-refractivity contribution in [1.29, 1.82) is 0 Å². The van der Waals surface area contributed by atoms with Crippen LogP contribution >= 0.6 is 0 Å². The SMILES string of the molecule is C\C=C/C=C\C(C)=N\C=C(/C)C(=O)N(C)[C@H](CCNC(=O)c1cccn1C)Cc1ccccc1. The van der Waals surface area contributed by atoms with Gasteiger partial charge in [0.05, 0.1) is 0 Å². The normalized spacial score (nSPS) is 13.4. The average molecular weight is 461 g/mol. The minimum atomic E-state index is -0.119. The number of nitrogens with one attached hydrogen (secondary N) is 1. The van der Waals surface area contributed by atoms with Crippen LogP contribution in [0.25, 0.3) is 0 Å². The number of allylic oxidation sites excluding steroid dienone is 4. The highest BCUT2D eigenvalue weighted by Crippen LogP contribution is 2.14. The lowest BCUT2D eigenvalue weighted by atomic mass is 10.0. The van der Waals surface area contributed by atoms with Gasteiger partial charge in [-0.3, -0.25) is 14.6 Å². The number of hydrogen-bond acceptors (Lipinski definition) is 3. The van der Waals surface area contributed by atoms with E-state index in [2.05, 4.69) is 22.4 Å². The van der Waals surface area contributed by atoms with Crippen molar-refractivity contribution in [2.24, 2.45) is 12.0 Å². The zero-order valence-electron chi connectivity index (χ0n) is 20.9. The third kappa shape index (κ3) is 8.35. The number of aromatic nitrogens is 1. The molecule has 0 saturated carbocycles. The molecule has 0 spiro atoms. The van der Waals surface area contributed by atoms with Crippen LogP contribution in [0.1, 0.15) is 43.2 Å². The molecular formula is C28H36N4O2. The van der Waals surface area contributed by atoms with E-state index in [1.54, 1.807) is 28.7 Å². The number of likely N-dealkylation sites (N-methyl/N-ethyl adjacent to an activating group) is 1. The van der Waals surface area contributed by atoms with Gasteiger partial charge in [-0.1, -0.05) is 48.6 Å². The summed E-state index contributed by atoms with van der Waals surface area (Å²) in [7, 11) is 3.66. The number of amides is 2. The molecule has 34 heavy (non-hydrogen) atoms. The lowest BCUT2D eigenvalue weighted by Gasteiger charge is -2.29. The molecule has 180 valence electrons. The lowest BCUT2D eigenvalue weighted by Crippen LogP contribution is -2.41. The number of hydrogen-bond donors (Lipinski definition) is 1. The van der Waals surface area contributed by atoms with E-state index in [1.165, 1.54) is 0 Å². The van der Waals surface area contributed by atoms with Crippen LogP contribution in [0.3, 0.4) is 0 Å². The molecule has 1 aromatic heterocycles. The second kappa shape index (κ2) is 13.8. The highest BCUT2D eigenvalue weighted by molar-refractivity contribution is 5.96. The Kier molecular flexibility index (Phi) is 10.8. The van der Waals surface area contributed by atoms with Gasteiger partial charge in [0, 0.05) is 50.4 Å². The van der Waals surface area contributed by atoms with Crippen molar-refractivity contribution in [1.82, 2.24) is 14.8 Å². The fourth-order valence-corrected chi connectivity index (χ4v) is 3.51. The van der Waals surface area contributed by atoms with Gasteiger partial charge in [-0.25, -0.2) is 0 Å². The fraction of sp³-hybridized carbons (Fsp3) is 0.321. The van der Waals surface area contributed by atoms with E-state index < -0.39 is 0 Å². The Hall–Kier alpha value is -3.67. The summed E-state index contributed by atoms with van der Waals surface area (Å²) in [6, 6.07) is 13.6. The molecule has 0 fully saturated rings. The molecule has 0 unspecified atom stereocenters. The van der Waals surface area contributed by atoms with Gasteiger partial charge in [-0.15, -0.1) is 0 Å². The minimum absolute atomic E-state index is 0.0772. The van der Waals surface area contributed by atoms with Crippen LogP contribution in [0.15, 0.2) is 89.7 Å². The zero-order valence-corrected chi connectivity index (χ0v) is 20.9. The van der Waals surface area contributed by atoms with Gasteiger partial charge < -0.3 is 14.8 Å². The van der Waals surface area contributed by atoms with E-state index in [1.807, 2.05) is 82.7 Å². The molecule has 1 heterocycles. The number of nitrogens with zero attached hydrogens (tertiary/aromatic N) is 3. The number of aliphatic imine (C=N–C) groups is 1. The Labute approximate surface area is 203 Å². The third-order valence-electron chi connectivity index (χ3n) is 5.56. The Balaban J connectivity index is 2.09. The summed E-state index contributed by atoms with van der Waals surface area (Å²) in [5.74, 6) is -0.199. The molecule has 1 aromatic carbocycles. The van der Waals surface area contributed by atoms with Crippen molar-refractivity contribution >= 4 is 17.5 Å². The topological polar surface area (TPSA) is 66.7 Å². The smallest absolute Gasteiger partial charge is 0.267 e. The Bertz CT molecular complexity index is 1060. The first-order chi connectivity index (χ1) is 16.3. The second-order valence-corrected chi connectivity index (χ2v) is 8.28. The molecule has 6 nitrogen and oxygen atoms in total. The van der Waals surface area contributed by atoms with Gasteiger partial charge in [-0.05, 0) is 57.4 Å². The van der Waals surface area contributed by atoms with Crippen molar-refractivity contribution in [3.05, 3.63) is 96.0 Å². The molecule has 2 aromatic rings. The summed E-state index contributed by atoms with van der Waals surface area (Å²) < 4.78 is 1.79. The summed E-state index contributed by atoms with van der Waals surface area (Å²) >= 11 is 0. The van der Waals surface area contributed by atoms with Gasteiger partial charge in [0.2, 0.25) is 0 Å². The average Bonchev–Trinajstić information content (AvgIpc) is 3.27. The molecular weight excluding hydrogens is 424 g/mol. The van der Waals surface area contributed by atoms with Crippen LogP contribution in [-0.2, 0) is 18.3 Å². The molecule has 2 amide bonds. The van der Waals surface area contributed by atoms with Crippen LogP contribution in [0.4, 0.5) is 0 Å². The monoisotopic (exact) mass is 460 g/mol. The largest absolute Gasteiger partial charge is 0.351 e. The molecule has 0 aliphatic rings. The van der Waals surface area contributed by atoms with E-state index in [0.29, 0.717) is 30.7 Å². The maximum atomic E-state index is 13.1. The van der Waals surface area contributed by atoms with Gasteiger partial charge in [-0.2, -0.15) is 0 Å². The highest BCUT2D eigenvalue weighted by Gasteiger charge is 2.22. The maximum absolute atomic E-state index is 13.1. The molecule has 0 bridgehead atoms. The number of rotatable bonds is 11. The van der Waals surface area contributed by atoms with Crippen LogP contribution in [0.5, 0.6) is 0 Å². The summed E-state index contributed by atoms with van der Waals surface area (Å²) in [6.07, 6.45) is 12.5. The predicted octanol–water partition coefficient (Wildman–Crippen LogP) is 4.71. The van der Waals surface area contributed by atoms with Crippen LogP contribution < -0.4 is 5.32 Å². The minimum Gasteiger partial charge on any atom is -0.351 e. The highest BCUT2D eigenvalue weighted by atomic mass is 16.2. The Morgan fingerprint density at radius 1 is 1.12 bits per heavy atom. The van der Waals surface area contributed by atoms with Gasteiger partial charge in [0.25, 0.3) is 11.8 Å². The van der Waals surface area contributed by atoms with E-state index in [9.17, 15) is 9.59 Å². The molecule has 2 rings (SSSR count). The van der Waals surface area contributed by atoms with Crippen molar-refractivity contribution < 1.29 is 9.59 Å². The summed E-state index contributed by atoms with van der Waals surface area (Å²) in [6.45, 7) is 6.09.